The Morgan fingerprint density at radius 2 is 2.06 bits per heavy atom. The number of nitrogens with one attached hydrogen (secondary N) is 2. The first-order valence-electron chi connectivity index (χ1n) is 5.44. The van der Waals surface area contributed by atoms with Crippen LogP contribution in [-0.4, -0.2) is 32.7 Å². The van der Waals surface area contributed by atoms with Crippen molar-refractivity contribution in [3.8, 4) is 5.75 Å². The lowest BCUT2D eigenvalue weighted by atomic mass is 10.2. The lowest BCUT2D eigenvalue weighted by Crippen LogP contribution is -2.30. The summed E-state index contributed by atoms with van der Waals surface area (Å²) in [4.78, 5) is 11.8. The second-order valence-corrected chi connectivity index (χ2v) is 3.29. The van der Waals surface area contributed by atoms with Crippen molar-refractivity contribution in [1.29, 1.82) is 0 Å². The van der Waals surface area contributed by atoms with Gasteiger partial charge >= 0.3 is 0 Å². The van der Waals surface area contributed by atoms with Gasteiger partial charge in [0.1, 0.15) is 5.75 Å². The van der Waals surface area contributed by atoms with Crippen molar-refractivity contribution in [2.24, 2.45) is 0 Å². The first kappa shape index (κ1) is 12.5. The molecule has 0 bridgehead atoms. The number of likely N-dealkylation sites (N-methyl/N-ethyl adjacent to an activating group) is 1. The molecule has 88 valence electrons. The van der Waals surface area contributed by atoms with Crippen molar-refractivity contribution in [3.63, 3.8) is 0 Å². The summed E-state index contributed by atoms with van der Waals surface area (Å²) in [6.45, 7) is 3.81. The van der Waals surface area contributed by atoms with Crippen molar-refractivity contribution in [2.75, 3.05) is 26.7 Å². The van der Waals surface area contributed by atoms with Gasteiger partial charge < -0.3 is 15.4 Å². The molecular formula is C12H18N2O2. The highest BCUT2D eigenvalue weighted by Crippen LogP contribution is 2.17. The van der Waals surface area contributed by atoms with Crippen LogP contribution in [0.25, 0.3) is 0 Å². The third kappa shape index (κ3) is 3.55. The third-order valence-electron chi connectivity index (χ3n) is 2.09. The maximum atomic E-state index is 11.8. The molecule has 4 nitrogen and oxygen atoms in total. The van der Waals surface area contributed by atoms with Crippen LogP contribution in [0.2, 0.25) is 0 Å². The SMILES string of the molecule is CCOc1ccccc1C(=O)NCCNC. The minimum atomic E-state index is -0.0979. The highest BCUT2D eigenvalue weighted by atomic mass is 16.5. The summed E-state index contributed by atoms with van der Waals surface area (Å²) in [5, 5.41) is 5.79. The molecule has 1 rings (SSSR count). The van der Waals surface area contributed by atoms with E-state index < -0.39 is 0 Å². The number of amides is 1. The minimum Gasteiger partial charge on any atom is -0.493 e. The van der Waals surface area contributed by atoms with E-state index in [2.05, 4.69) is 10.6 Å². The van der Waals surface area contributed by atoms with Crippen molar-refractivity contribution in [1.82, 2.24) is 10.6 Å². The summed E-state index contributed by atoms with van der Waals surface area (Å²) in [6.07, 6.45) is 0. The first-order valence-corrected chi connectivity index (χ1v) is 5.44. The quantitative estimate of drug-likeness (QED) is 0.707. The zero-order valence-corrected chi connectivity index (χ0v) is 9.75. The van der Waals surface area contributed by atoms with Crippen molar-refractivity contribution in [2.45, 2.75) is 6.92 Å². The summed E-state index contributed by atoms with van der Waals surface area (Å²) < 4.78 is 5.39. The molecule has 0 aliphatic rings. The summed E-state index contributed by atoms with van der Waals surface area (Å²) in [5.74, 6) is 0.534. The van der Waals surface area contributed by atoms with Crippen LogP contribution in [0.4, 0.5) is 0 Å². The maximum Gasteiger partial charge on any atom is 0.255 e. The summed E-state index contributed by atoms with van der Waals surface area (Å²) in [7, 11) is 1.85. The van der Waals surface area contributed by atoms with Crippen molar-refractivity contribution in [3.05, 3.63) is 29.8 Å². The van der Waals surface area contributed by atoms with Crippen LogP contribution in [0, 0.1) is 0 Å². The second-order valence-electron chi connectivity index (χ2n) is 3.29. The molecule has 0 aliphatic heterocycles. The van der Waals surface area contributed by atoms with Crippen LogP contribution in [0.5, 0.6) is 5.75 Å². The van der Waals surface area contributed by atoms with E-state index in [0.717, 1.165) is 6.54 Å². The number of carbonyl (C=O) groups excluding carboxylic acids is 1. The molecule has 0 aliphatic carbocycles. The Bertz CT molecular complexity index is 340. The normalized spacial score (nSPS) is 9.88. The first-order chi connectivity index (χ1) is 7.79. The lowest BCUT2D eigenvalue weighted by molar-refractivity contribution is 0.0950. The van der Waals surface area contributed by atoms with Gasteiger partial charge in [-0.15, -0.1) is 0 Å². The standard InChI is InChI=1S/C12H18N2O2/c1-3-16-11-7-5-4-6-10(11)12(15)14-9-8-13-2/h4-7,13H,3,8-9H2,1-2H3,(H,14,15). The average Bonchev–Trinajstić information content (AvgIpc) is 2.30. The summed E-state index contributed by atoms with van der Waals surface area (Å²) in [6, 6.07) is 7.25. The predicted molar refractivity (Wildman–Crippen MR) is 63.9 cm³/mol. The molecule has 1 aromatic carbocycles. The molecule has 0 heterocycles. The third-order valence-corrected chi connectivity index (χ3v) is 2.09. The molecule has 0 saturated carbocycles. The molecule has 0 unspecified atom stereocenters. The van der Waals surface area contributed by atoms with E-state index in [9.17, 15) is 4.79 Å². The Hall–Kier alpha value is -1.55. The van der Waals surface area contributed by atoms with E-state index in [1.807, 2.05) is 26.1 Å². The minimum absolute atomic E-state index is 0.0979. The average molecular weight is 222 g/mol. The van der Waals surface area contributed by atoms with E-state index in [-0.39, 0.29) is 5.91 Å². The number of ether oxygens (including phenoxy) is 1. The molecule has 0 radical (unpaired) electrons. The van der Waals surface area contributed by atoms with Gasteiger partial charge in [0.2, 0.25) is 0 Å². The lowest BCUT2D eigenvalue weighted by Gasteiger charge is -2.10. The Labute approximate surface area is 96.0 Å². The molecule has 1 aromatic rings. The molecule has 1 amide bonds. The Morgan fingerprint density at radius 1 is 1.31 bits per heavy atom. The predicted octanol–water partition coefficient (Wildman–Crippen LogP) is 1.03. The Kier molecular flexibility index (Phi) is 5.36. The summed E-state index contributed by atoms with van der Waals surface area (Å²) in [5.41, 5.74) is 0.584. The van der Waals surface area contributed by atoms with Gasteiger partial charge in [-0.2, -0.15) is 0 Å². The summed E-state index contributed by atoms with van der Waals surface area (Å²) >= 11 is 0. The monoisotopic (exact) mass is 222 g/mol. The molecule has 0 aromatic heterocycles. The molecule has 0 saturated heterocycles. The number of rotatable bonds is 6. The molecule has 16 heavy (non-hydrogen) atoms. The van der Waals surface area contributed by atoms with Gasteiger partial charge in [0.05, 0.1) is 12.2 Å². The van der Waals surface area contributed by atoms with Crippen molar-refractivity contribution >= 4 is 5.91 Å². The van der Waals surface area contributed by atoms with Crippen LogP contribution in [0.3, 0.4) is 0 Å². The smallest absolute Gasteiger partial charge is 0.255 e. The maximum absolute atomic E-state index is 11.8. The van der Waals surface area contributed by atoms with E-state index in [1.165, 1.54) is 0 Å². The highest BCUT2D eigenvalue weighted by molar-refractivity contribution is 5.96. The Morgan fingerprint density at radius 3 is 2.75 bits per heavy atom. The largest absolute Gasteiger partial charge is 0.493 e. The van der Waals surface area contributed by atoms with Crippen molar-refractivity contribution < 1.29 is 9.53 Å². The van der Waals surface area contributed by atoms with Crippen LogP contribution < -0.4 is 15.4 Å². The molecule has 0 spiro atoms. The molecule has 0 fully saturated rings. The van der Waals surface area contributed by atoms with Gasteiger partial charge in [-0.1, -0.05) is 12.1 Å². The van der Waals surface area contributed by atoms with E-state index in [0.29, 0.717) is 24.5 Å². The number of benzene rings is 1. The fraction of sp³-hybridized carbons (Fsp3) is 0.417. The van der Waals surface area contributed by atoms with Gasteiger partial charge in [-0.3, -0.25) is 4.79 Å². The van der Waals surface area contributed by atoms with Crippen LogP contribution in [0.15, 0.2) is 24.3 Å². The van der Waals surface area contributed by atoms with Gasteiger partial charge in [0.15, 0.2) is 0 Å². The fourth-order valence-corrected chi connectivity index (χ4v) is 1.33. The van der Waals surface area contributed by atoms with E-state index in [1.54, 1.807) is 12.1 Å². The van der Waals surface area contributed by atoms with Crippen LogP contribution in [-0.2, 0) is 0 Å². The zero-order valence-electron chi connectivity index (χ0n) is 9.75. The number of hydrogen-bond donors (Lipinski definition) is 2. The molecular weight excluding hydrogens is 204 g/mol. The second kappa shape index (κ2) is 6.85. The van der Waals surface area contributed by atoms with Gasteiger partial charge in [-0.05, 0) is 26.1 Å². The van der Waals surface area contributed by atoms with E-state index >= 15 is 0 Å². The van der Waals surface area contributed by atoms with Gasteiger partial charge in [-0.25, -0.2) is 0 Å². The number of para-hydroxylation sites is 1. The van der Waals surface area contributed by atoms with E-state index in [4.69, 9.17) is 4.74 Å². The van der Waals surface area contributed by atoms with Crippen LogP contribution in [0.1, 0.15) is 17.3 Å². The topological polar surface area (TPSA) is 50.4 Å². The molecule has 0 atom stereocenters. The number of carbonyl (C=O) groups is 1. The highest BCUT2D eigenvalue weighted by Gasteiger charge is 2.10. The van der Waals surface area contributed by atoms with Crippen LogP contribution >= 0.6 is 0 Å². The fourth-order valence-electron chi connectivity index (χ4n) is 1.33. The molecule has 2 N–H and O–H groups in total. The molecule has 4 heteroatoms. The zero-order chi connectivity index (χ0) is 11.8. The van der Waals surface area contributed by atoms with Gasteiger partial charge in [0, 0.05) is 13.1 Å². The Balaban J connectivity index is 2.66. The number of hydrogen-bond acceptors (Lipinski definition) is 3. The van der Waals surface area contributed by atoms with Gasteiger partial charge in [0.25, 0.3) is 5.91 Å².